The van der Waals surface area contributed by atoms with Gasteiger partial charge in [0.05, 0.1) is 6.54 Å². The van der Waals surface area contributed by atoms with Crippen molar-refractivity contribution in [2.75, 3.05) is 19.7 Å². The lowest BCUT2D eigenvalue weighted by Crippen LogP contribution is -2.37. The predicted octanol–water partition coefficient (Wildman–Crippen LogP) is 1.70. The Labute approximate surface area is 118 Å². The lowest BCUT2D eigenvalue weighted by molar-refractivity contribution is -0.126. The van der Waals surface area contributed by atoms with E-state index in [9.17, 15) is 9.18 Å². The van der Waals surface area contributed by atoms with E-state index >= 15 is 0 Å². The Morgan fingerprint density at radius 2 is 2.30 bits per heavy atom. The molecule has 3 N–H and O–H groups in total. The second-order valence-corrected chi connectivity index (χ2v) is 5.13. The van der Waals surface area contributed by atoms with Crippen LogP contribution in [0.5, 0.6) is 5.75 Å². The molecule has 0 bridgehead atoms. The van der Waals surface area contributed by atoms with Gasteiger partial charge in [-0.05, 0) is 37.4 Å². The monoisotopic (exact) mass is 280 g/mol. The van der Waals surface area contributed by atoms with Crippen LogP contribution in [0.2, 0.25) is 0 Å². The fourth-order valence-electron chi connectivity index (χ4n) is 2.70. The zero-order valence-electron chi connectivity index (χ0n) is 11.5. The molecule has 0 unspecified atom stereocenters. The number of ether oxygens (including phenoxy) is 1. The number of nitrogens with one attached hydrogen (secondary N) is 1. The van der Waals surface area contributed by atoms with Crippen LogP contribution in [0.15, 0.2) is 24.3 Å². The van der Waals surface area contributed by atoms with Crippen molar-refractivity contribution in [3.63, 3.8) is 0 Å². The maximum absolute atomic E-state index is 12.9. The molecule has 1 aliphatic rings. The van der Waals surface area contributed by atoms with Crippen LogP contribution in [-0.2, 0) is 4.79 Å². The van der Waals surface area contributed by atoms with Crippen molar-refractivity contribution in [1.82, 2.24) is 5.32 Å². The first-order valence-electron chi connectivity index (χ1n) is 7.07. The molecule has 2 atom stereocenters. The summed E-state index contributed by atoms with van der Waals surface area (Å²) in [5, 5.41) is 2.86. The maximum atomic E-state index is 12.9. The van der Waals surface area contributed by atoms with Crippen molar-refractivity contribution in [2.45, 2.75) is 19.3 Å². The van der Waals surface area contributed by atoms with Crippen molar-refractivity contribution in [3.05, 3.63) is 30.1 Å². The van der Waals surface area contributed by atoms with Gasteiger partial charge in [-0.1, -0.05) is 12.5 Å². The van der Waals surface area contributed by atoms with Crippen LogP contribution >= 0.6 is 0 Å². The molecular weight excluding hydrogens is 259 g/mol. The third-order valence-electron chi connectivity index (χ3n) is 3.76. The highest BCUT2D eigenvalue weighted by molar-refractivity contribution is 5.79. The molecule has 0 saturated heterocycles. The van der Waals surface area contributed by atoms with E-state index in [0.717, 1.165) is 19.3 Å². The first-order chi connectivity index (χ1) is 9.70. The quantitative estimate of drug-likeness (QED) is 0.779. The molecule has 0 radical (unpaired) electrons. The van der Waals surface area contributed by atoms with Crippen LogP contribution in [0, 0.1) is 17.7 Å². The molecule has 0 aliphatic heterocycles. The number of amides is 1. The molecule has 1 aromatic rings. The maximum Gasteiger partial charge on any atom is 0.223 e. The summed E-state index contributed by atoms with van der Waals surface area (Å²) in [4.78, 5) is 12.0. The van der Waals surface area contributed by atoms with Crippen LogP contribution in [0.25, 0.3) is 0 Å². The van der Waals surface area contributed by atoms with Gasteiger partial charge in [0.1, 0.15) is 18.2 Å². The van der Waals surface area contributed by atoms with Gasteiger partial charge < -0.3 is 15.8 Å². The fraction of sp³-hybridized carbons (Fsp3) is 0.533. The van der Waals surface area contributed by atoms with Crippen LogP contribution < -0.4 is 15.8 Å². The van der Waals surface area contributed by atoms with E-state index in [0.29, 0.717) is 31.4 Å². The van der Waals surface area contributed by atoms with Crippen LogP contribution in [-0.4, -0.2) is 25.6 Å². The van der Waals surface area contributed by atoms with Crippen molar-refractivity contribution in [2.24, 2.45) is 17.6 Å². The number of carbonyl (C=O) groups excluding carboxylic acids is 1. The molecule has 0 aromatic heterocycles. The Morgan fingerprint density at radius 3 is 3.05 bits per heavy atom. The molecule has 1 fully saturated rings. The molecular formula is C15H21FN2O2. The predicted molar refractivity (Wildman–Crippen MR) is 74.8 cm³/mol. The number of benzene rings is 1. The number of nitrogens with two attached hydrogens (primary N) is 1. The summed E-state index contributed by atoms with van der Waals surface area (Å²) in [7, 11) is 0. The SMILES string of the molecule is NC[C@H]1CCC[C@H]1C(=O)NCCOc1cccc(F)c1. The highest BCUT2D eigenvalue weighted by Crippen LogP contribution is 2.30. The minimum Gasteiger partial charge on any atom is -0.492 e. The van der Waals surface area contributed by atoms with Gasteiger partial charge in [-0.2, -0.15) is 0 Å². The molecule has 4 nitrogen and oxygen atoms in total. The summed E-state index contributed by atoms with van der Waals surface area (Å²) in [6.45, 7) is 1.32. The smallest absolute Gasteiger partial charge is 0.223 e. The summed E-state index contributed by atoms with van der Waals surface area (Å²) < 4.78 is 18.3. The second-order valence-electron chi connectivity index (χ2n) is 5.13. The van der Waals surface area contributed by atoms with Gasteiger partial charge in [0.15, 0.2) is 0 Å². The minimum absolute atomic E-state index is 0.0363. The van der Waals surface area contributed by atoms with E-state index in [-0.39, 0.29) is 17.6 Å². The molecule has 1 aliphatic carbocycles. The first kappa shape index (κ1) is 14.8. The van der Waals surface area contributed by atoms with Crippen molar-refractivity contribution < 1.29 is 13.9 Å². The van der Waals surface area contributed by atoms with Gasteiger partial charge in [-0.3, -0.25) is 4.79 Å². The topological polar surface area (TPSA) is 64.4 Å². The van der Waals surface area contributed by atoms with E-state index in [1.165, 1.54) is 12.1 Å². The number of halogens is 1. The van der Waals surface area contributed by atoms with Gasteiger partial charge in [-0.25, -0.2) is 4.39 Å². The van der Waals surface area contributed by atoms with E-state index in [1.807, 2.05) is 0 Å². The lowest BCUT2D eigenvalue weighted by Gasteiger charge is -2.17. The van der Waals surface area contributed by atoms with Crippen molar-refractivity contribution in [1.29, 1.82) is 0 Å². The minimum atomic E-state index is -0.330. The number of hydrogen-bond donors (Lipinski definition) is 2. The molecule has 1 saturated carbocycles. The Morgan fingerprint density at radius 1 is 1.45 bits per heavy atom. The van der Waals surface area contributed by atoms with Gasteiger partial charge >= 0.3 is 0 Å². The Balaban J connectivity index is 1.69. The highest BCUT2D eigenvalue weighted by Gasteiger charge is 2.31. The number of hydrogen-bond acceptors (Lipinski definition) is 3. The Hall–Kier alpha value is -1.62. The first-order valence-corrected chi connectivity index (χ1v) is 7.07. The second kappa shape index (κ2) is 7.24. The standard InChI is InChI=1S/C15H21FN2O2/c16-12-4-2-5-13(9-12)20-8-7-18-15(19)14-6-1-3-11(14)10-17/h2,4-5,9,11,14H,1,3,6-8,10,17H2,(H,18,19)/t11-,14-/m1/s1. The Bertz CT molecular complexity index is 453. The molecule has 20 heavy (non-hydrogen) atoms. The highest BCUT2D eigenvalue weighted by atomic mass is 19.1. The number of rotatable bonds is 6. The molecule has 0 heterocycles. The summed E-state index contributed by atoms with van der Waals surface area (Å²) in [6, 6.07) is 5.96. The zero-order valence-corrected chi connectivity index (χ0v) is 11.5. The van der Waals surface area contributed by atoms with Gasteiger partial charge in [0.2, 0.25) is 5.91 Å². The van der Waals surface area contributed by atoms with Crippen molar-refractivity contribution >= 4 is 5.91 Å². The fourth-order valence-corrected chi connectivity index (χ4v) is 2.70. The molecule has 1 aromatic carbocycles. The lowest BCUT2D eigenvalue weighted by atomic mass is 9.95. The molecule has 5 heteroatoms. The third-order valence-corrected chi connectivity index (χ3v) is 3.76. The zero-order chi connectivity index (χ0) is 14.4. The average Bonchev–Trinajstić information content (AvgIpc) is 2.92. The van der Waals surface area contributed by atoms with E-state index < -0.39 is 0 Å². The number of carbonyl (C=O) groups is 1. The van der Waals surface area contributed by atoms with E-state index in [2.05, 4.69) is 5.32 Å². The van der Waals surface area contributed by atoms with Gasteiger partial charge in [-0.15, -0.1) is 0 Å². The summed E-state index contributed by atoms with van der Waals surface area (Å²) in [6.07, 6.45) is 3.02. The molecule has 0 spiro atoms. The Kier molecular flexibility index (Phi) is 5.35. The molecule has 2 rings (SSSR count). The summed E-state index contributed by atoms with van der Waals surface area (Å²) >= 11 is 0. The summed E-state index contributed by atoms with van der Waals surface area (Å²) in [5.41, 5.74) is 5.67. The summed E-state index contributed by atoms with van der Waals surface area (Å²) in [5.74, 6) is 0.539. The van der Waals surface area contributed by atoms with Crippen LogP contribution in [0.3, 0.4) is 0 Å². The normalized spacial score (nSPS) is 21.7. The third kappa shape index (κ3) is 3.93. The average molecular weight is 280 g/mol. The van der Waals surface area contributed by atoms with E-state index in [4.69, 9.17) is 10.5 Å². The van der Waals surface area contributed by atoms with Crippen LogP contribution in [0.1, 0.15) is 19.3 Å². The largest absolute Gasteiger partial charge is 0.492 e. The van der Waals surface area contributed by atoms with Gasteiger partial charge in [0.25, 0.3) is 0 Å². The van der Waals surface area contributed by atoms with Crippen LogP contribution in [0.4, 0.5) is 4.39 Å². The molecule has 110 valence electrons. The van der Waals surface area contributed by atoms with Gasteiger partial charge in [0, 0.05) is 12.0 Å². The molecule has 1 amide bonds. The van der Waals surface area contributed by atoms with E-state index in [1.54, 1.807) is 12.1 Å². The van der Waals surface area contributed by atoms with Crippen molar-refractivity contribution in [3.8, 4) is 5.75 Å².